The number of benzene rings is 1. The molecule has 1 aromatic rings. The Bertz CT molecular complexity index is 393. The Labute approximate surface area is 138 Å². The highest BCUT2D eigenvalue weighted by molar-refractivity contribution is 5.22. The Kier molecular flexibility index (Phi) is 11.5. The minimum atomic E-state index is 0.827. The molecule has 0 aliphatic heterocycles. The van der Waals surface area contributed by atoms with Crippen molar-refractivity contribution in [1.82, 2.24) is 0 Å². The van der Waals surface area contributed by atoms with E-state index in [1.54, 1.807) is 0 Å². The van der Waals surface area contributed by atoms with Crippen LogP contribution in [-0.2, 0) is 12.8 Å². The molecule has 0 bridgehead atoms. The van der Waals surface area contributed by atoms with Crippen molar-refractivity contribution in [2.45, 2.75) is 90.4 Å². The SMILES string of the molecule is [C]#CCCCCCCc1ccc(CCCCCCCC)cc1. The van der Waals surface area contributed by atoms with E-state index in [1.165, 1.54) is 81.8 Å². The highest BCUT2D eigenvalue weighted by atomic mass is 14.0. The second-order valence-corrected chi connectivity index (χ2v) is 6.43. The van der Waals surface area contributed by atoms with E-state index in [2.05, 4.69) is 37.1 Å². The van der Waals surface area contributed by atoms with Crippen LogP contribution in [0.2, 0.25) is 0 Å². The van der Waals surface area contributed by atoms with E-state index in [1.807, 2.05) is 0 Å². The Balaban J connectivity index is 2.08. The molecule has 0 aromatic heterocycles. The largest absolute Gasteiger partial charge is 0.0891 e. The van der Waals surface area contributed by atoms with Crippen molar-refractivity contribution in [1.29, 1.82) is 0 Å². The van der Waals surface area contributed by atoms with Crippen LogP contribution >= 0.6 is 0 Å². The summed E-state index contributed by atoms with van der Waals surface area (Å²) in [6, 6.07) is 9.28. The lowest BCUT2D eigenvalue weighted by Gasteiger charge is -2.05. The zero-order valence-electron chi connectivity index (χ0n) is 14.5. The van der Waals surface area contributed by atoms with Crippen LogP contribution in [0, 0.1) is 12.3 Å². The van der Waals surface area contributed by atoms with Gasteiger partial charge in [0.05, 0.1) is 0 Å². The first-order valence-electron chi connectivity index (χ1n) is 9.34. The van der Waals surface area contributed by atoms with Crippen molar-refractivity contribution in [2.75, 3.05) is 0 Å². The summed E-state index contributed by atoms with van der Waals surface area (Å²) < 4.78 is 0. The molecule has 1 radical (unpaired) electrons. The molecule has 1 aromatic carbocycles. The van der Waals surface area contributed by atoms with E-state index in [4.69, 9.17) is 6.42 Å². The average molecular weight is 298 g/mol. The van der Waals surface area contributed by atoms with Crippen LogP contribution in [0.4, 0.5) is 0 Å². The second-order valence-electron chi connectivity index (χ2n) is 6.43. The molecule has 0 fully saturated rings. The molecule has 0 N–H and O–H groups in total. The molecule has 1 rings (SSSR count). The van der Waals surface area contributed by atoms with Crippen LogP contribution in [0.3, 0.4) is 0 Å². The molecule has 0 amide bonds. The van der Waals surface area contributed by atoms with Crippen LogP contribution in [0.5, 0.6) is 0 Å². The maximum absolute atomic E-state index is 6.88. The van der Waals surface area contributed by atoms with E-state index in [0.717, 1.165) is 12.8 Å². The van der Waals surface area contributed by atoms with Gasteiger partial charge in [0.15, 0.2) is 0 Å². The molecule has 0 nitrogen and oxygen atoms in total. The molecule has 0 atom stereocenters. The lowest BCUT2D eigenvalue weighted by Crippen LogP contribution is -1.90. The molecule has 0 aliphatic carbocycles. The number of hydrogen-bond donors (Lipinski definition) is 0. The Morgan fingerprint density at radius 3 is 1.64 bits per heavy atom. The van der Waals surface area contributed by atoms with Gasteiger partial charge in [0.25, 0.3) is 0 Å². The quantitative estimate of drug-likeness (QED) is 0.281. The van der Waals surface area contributed by atoms with Gasteiger partial charge in [-0.2, -0.15) is 0 Å². The van der Waals surface area contributed by atoms with Crippen molar-refractivity contribution in [3.05, 3.63) is 41.8 Å². The van der Waals surface area contributed by atoms with E-state index in [9.17, 15) is 0 Å². The zero-order chi connectivity index (χ0) is 15.9. The fourth-order valence-corrected chi connectivity index (χ4v) is 2.88. The van der Waals surface area contributed by atoms with Crippen molar-refractivity contribution in [2.24, 2.45) is 0 Å². The van der Waals surface area contributed by atoms with Crippen LogP contribution in [0.1, 0.15) is 88.7 Å². The van der Waals surface area contributed by atoms with Gasteiger partial charge in [0.2, 0.25) is 0 Å². The molecule has 0 saturated heterocycles. The standard InChI is InChI=1S/C22H33/c1-3-5-7-9-11-13-15-21-17-19-22(20-18-21)16-14-12-10-8-6-4-2/h17-20H,3,5-16H2,1H3. The Morgan fingerprint density at radius 1 is 0.682 bits per heavy atom. The summed E-state index contributed by atoms with van der Waals surface area (Å²) in [7, 11) is 0. The molecule has 0 unspecified atom stereocenters. The molecule has 0 heteroatoms. The van der Waals surface area contributed by atoms with Gasteiger partial charge in [-0.05, 0) is 49.7 Å². The first-order chi connectivity index (χ1) is 10.9. The molecule has 121 valence electrons. The van der Waals surface area contributed by atoms with Crippen molar-refractivity contribution in [3.63, 3.8) is 0 Å². The Hall–Kier alpha value is -1.22. The van der Waals surface area contributed by atoms with Crippen LogP contribution in [0.25, 0.3) is 0 Å². The van der Waals surface area contributed by atoms with Gasteiger partial charge in [0.1, 0.15) is 0 Å². The van der Waals surface area contributed by atoms with Crippen molar-refractivity contribution >= 4 is 0 Å². The van der Waals surface area contributed by atoms with Gasteiger partial charge in [-0.15, -0.1) is 0 Å². The maximum atomic E-state index is 6.88. The summed E-state index contributed by atoms with van der Waals surface area (Å²) in [6.07, 6.45) is 23.3. The molecule has 22 heavy (non-hydrogen) atoms. The summed E-state index contributed by atoms with van der Waals surface area (Å²) in [6.45, 7) is 2.27. The number of rotatable bonds is 13. The monoisotopic (exact) mass is 297 g/mol. The van der Waals surface area contributed by atoms with Gasteiger partial charge in [-0.25, -0.2) is 0 Å². The Morgan fingerprint density at radius 2 is 1.14 bits per heavy atom. The number of unbranched alkanes of at least 4 members (excludes halogenated alkanes) is 9. The third-order valence-electron chi connectivity index (χ3n) is 4.36. The lowest BCUT2D eigenvalue weighted by molar-refractivity contribution is 0.607. The average Bonchev–Trinajstić information content (AvgIpc) is 2.55. The van der Waals surface area contributed by atoms with Crippen molar-refractivity contribution in [3.8, 4) is 5.92 Å². The fourth-order valence-electron chi connectivity index (χ4n) is 2.88. The summed E-state index contributed by atoms with van der Waals surface area (Å²) in [4.78, 5) is 0. The summed E-state index contributed by atoms with van der Waals surface area (Å²) in [5.74, 6) is 2.46. The predicted molar refractivity (Wildman–Crippen MR) is 97.4 cm³/mol. The third-order valence-corrected chi connectivity index (χ3v) is 4.36. The van der Waals surface area contributed by atoms with Gasteiger partial charge in [-0.3, -0.25) is 0 Å². The second kappa shape index (κ2) is 13.4. The zero-order valence-corrected chi connectivity index (χ0v) is 14.5. The normalized spacial score (nSPS) is 10.5. The molecule has 0 saturated carbocycles. The highest BCUT2D eigenvalue weighted by Gasteiger charge is 1.97. The molecule has 0 heterocycles. The van der Waals surface area contributed by atoms with Gasteiger partial charge in [-0.1, -0.05) is 82.1 Å². The minimum Gasteiger partial charge on any atom is -0.0891 e. The van der Waals surface area contributed by atoms with Gasteiger partial charge in [0, 0.05) is 6.42 Å². The smallest absolute Gasteiger partial charge is 0.00989 e. The van der Waals surface area contributed by atoms with Crippen LogP contribution in [0.15, 0.2) is 24.3 Å². The van der Waals surface area contributed by atoms with E-state index in [0.29, 0.717) is 0 Å². The van der Waals surface area contributed by atoms with Gasteiger partial charge >= 0.3 is 0 Å². The topological polar surface area (TPSA) is 0 Å². The number of hydrogen-bond acceptors (Lipinski definition) is 0. The van der Waals surface area contributed by atoms with Crippen LogP contribution < -0.4 is 0 Å². The lowest BCUT2D eigenvalue weighted by atomic mass is 10.0. The van der Waals surface area contributed by atoms with E-state index < -0.39 is 0 Å². The first kappa shape index (κ1) is 18.8. The predicted octanol–water partition coefficient (Wildman–Crippen LogP) is 6.67. The third kappa shape index (κ3) is 9.67. The highest BCUT2D eigenvalue weighted by Crippen LogP contribution is 2.13. The van der Waals surface area contributed by atoms with Gasteiger partial charge < -0.3 is 0 Å². The number of aryl methyl sites for hydroxylation is 2. The molecular formula is C22H33. The van der Waals surface area contributed by atoms with E-state index >= 15 is 0 Å². The fraction of sp³-hybridized carbons (Fsp3) is 0.636. The summed E-state index contributed by atoms with van der Waals surface area (Å²) in [5, 5.41) is 0. The summed E-state index contributed by atoms with van der Waals surface area (Å²) in [5.41, 5.74) is 2.98. The molecular weight excluding hydrogens is 264 g/mol. The van der Waals surface area contributed by atoms with Crippen molar-refractivity contribution < 1.29 is 0 Å². The first-order valence-corrected chi connectivity index (χ1v) is 9.34. The molecule has 0 spiro atoms. The van der Waals surface area contributed by atoms with Crippen LogP contribution in [-0.4, -0.2) is 0 Å². The minimum absolute atomic E-state index is 0.827. The summed E-state index contributed by atoms with van der Waals surface area (Å²) >= 11 is 0. The maximum Gasteiger partial charge on any atom is 0.00989 e. The van der Waals surface area contributed by atoms with E-state index in [-0.39, 0.29) is 0 Å². The molecule has 0 aliphatic rings.